The molecule has 0 saturated carbocycles. The second kappa shape index (κ2) is 8.69. The van der Waals surface area contributed by atoms with Gasteiger partial charge < -0.3 is 9.47 Å². The Balaban J connectivity index is 1.80. The number of benzene rings is 3. The summed E-state index contributed by atoms with van der Waals surface area (Å²) in [7, 11) is 0. The highest BCUT2D eigenvalue weighted by Crippen LogP contribution is 2.31. The van der Waals surface area contributed by atoms with Gasteiger partial charge in [-0.2, -0.15) is 0 Å². The molecule has 27 heavy (non-hydrogen) atoms. The fraction of sp³-hybridized carbons (Fsp3) is 0. The first-order chi connectivity index (χ1) is 13.0. The summed E-state index contributed by atoms with van der Waals surface area (Å²) in [4.78, 5) is 24.7. The minimum Gasteiger partial charge on any atom is -0.423 e. The van der Waals surface area contributed by atoms with Crippen LogP contribution in [0.1, 0.15) is 20.7 Å². The summed E-state index contributed by atoms with van der Waals surface area (Å²) < 4.78 is 11.9. The Bertz CT molecular complexity index is 1020. The third-order valence-electron chi connectivity index (χ3n) is 3.50. The topological polar surface area (TPSA) is 52.6 Å². The van der Waals surface area contributed by atoms with Gasteiger partial charge in [0.25, 0.3) is 0 Å². The Morgan fingerprint density at radius 3 is 1.81 bits per heavy atom. The number of halogens is 3. The molecule has 0 unspecified atom stereocenters. The molecule has 0 spiro atoms. The molecule has 3 aromatic rings. The second-order valence-electron chi connectivity index (χ2n) is 5.33. The molecule has 3 aromatic carbocycles. The zero-order valence-electron chi connectivity index (χ0n) is 13.6. The molecule has 0 fully saturated rings. The van der Waals surface area contributed by atoms with Crippen molar-refractivity contribution in [3.63, 3.8) is 0 Å². The van der Waals surface area contributed by atoms with E-state index in [1.807, 2.05) is 0 Å². The number of hydrogen-bond donors (Lipinski definition) is 0. The van der Waals surface area contributed by atoms with E-state index >= 15 is 0 Å². The molecule has 0 radical (unpaired) electrons. The smallest absolute Gasteiger partial charge is 0.344 e. The molecule has 0 aliphatic rings. The molecule has 0 amide bonds. The average Bonchev–Trinajstić information content (AvgIpc) is 2.65. The van der Waals surface area contributed by atoms with Gasteiger partial charge in [0, 0.05) is 15.0 Å². The van der Waals surface area contributed by atoms with E-state index in [9.17, 15) is 9.59 Å². The molecule has 0 aliphatic heterocycles. The summed E-state index contributed by atoms with van der Waals surface area (Å²) in [5.74, 6) is -0.837. The monoisotopic (exact) mass is 508 g/mol. The van der Waals surface area contributed by atoms with Gasteiger partial charge in [-0.15, -0.1) is 0 Å². The third-order valence-corrected chi connectivity index (χ3v) is 5.20. The molecule has 0 saturated heterocycles. The quantitative estimate of drug-likeness (QED) is 0.305. The van der Waals surface area contributed by atoms with E-state index < -0.39 is 11.9 Å². The van der Waals surface area contributed by atoms with Crippen LogP contribution in [0.4, 0.5) is 0 Å². The lowest BCUT2D eigenvalue weighted by molar-refractivity contribution is 0.0732. The minimum atomic E-state index is -0.585. The first-order valence-electron chi connectivity index (χ1n) is 7.68. The molecule has 0 heterocycles. The first kappa shape index (κ1) is 19.6. The van der Waals surface area contributed by atoms with E-state index in [0.29, 0.717) is 20.1 Å². The van der Waals surface area contributed by atoms with Crippen molar-refractivity contribution in [3.05, 3.63) is 91.8 Å². The van der Waals surface area contributed by atoms with Crippen LogP contribution in [0.15, 0.2) is 75.7 Å². The predicted molar refractivity (Wildman–Crippen MR) is 110 cm³/mol. The van der Waals surface area contributed by atoms with E-state index in [-0.39, 0.29) is 16.5 Å². The lowest BCUT2D eigenvalue weighted by Gasteiger charge is -2.10. The highest BCUT2D eigenvalue weighted by molar-refractivity contribution is 9.10. The van der Waals surface area contributed by atoms with Crippen molar-refractivity contribution < 1.29 is 19.1 Å². The van der Waals surface area contributed by atoms with Crippen molar-refractivity contribution in [1.29, 1.82) is 0 Å². The van der Waals surface area contributed by atoms with Gasteiger partial charge in [0.1, 0.15) is 5.75 Å². The number of carbonyl (C=O) groups excluding carboxylic acids is 2. The molecule has 0 aromatic heterocycles. The fourth-order valence-electron chi connectivity index (χ4n) is 2.20. The maximum atomic E-state index is 12.4. The zero-order valence-corrected chi connectivity index (χ0v) is 17.5. The van der Waals surface area contributed by atoms with Crippen molar-refractivity contribution in [1.82, 2.24) is 0 Å². The van der Waals surface area contributed by atoms with E-state index in [1.165, 1.54) is 18.2 Å². The van der Waals surface area contributed by atoms with Crippen molar-refractivity contribution in [2.45, 2.75) is 0 Å². The molecule has 0 atom stereocenters. The molecule has 136 valence electrons. The van der Waals surface area contributed by atoms with Gasteiger partial charge in [0.05, 0.1) is 16.1 Å². The van der Waals surface area contributed by atoms with E-state index in [4.69, 9.17) is 21.1 Å². The number of esters is 2. The Kier molecular flexibility index (Phi) is 6.31. The van der Waals surface area contributed by atoms with E-state index in [1.54, 1.807) is 48.5 Å². The lowest BCUT2D eigenvalue weighted by Crippen LogP contribution is -2.11. The van der Waals surface area contributed by atoms with Crippen LogP contribution in [-0.4, -0.2) is 11.9 Å². The van der Waals surface area contributed by atoms with Gasteiger partial charge in [-0.05, 0) is 68.3 Å². The van der Waals surface area contributed by atoms with E-state index in [2.05, 4.69) is 31.9 Å². The standard InChI is InChI=1S/C20H11Br2ClO4/c21-15-7-3-1-5-13(15)19(24)26-12-9-10-17(23)18(11-12)27-20(25)14-6-2-4-8-16(14)22/h1-11H. The molecule has 0 bridgehead atoms. The summed E-state index contributed by atoms with van der Waals surface area (Å²) in [6, 6.07) is 18.2. The fourth-order valence-corrected chi connectivity index (χ4v) is 3.25. The largest absolute Gasteiger partial charge is 0.423 e. The Labute approximate surface area is 177 Å². The normalized spacial score (nSPS) is 10.3. The van der Waals surface area contributed by atoms with Crippen LogP contribution in [-0.2, 0) is 0 Å². The van der Waals surface area contributed by atoms with Gasteiger partial charge in [-0.1, -0.05) is 35.9 Å². The van der Waals surface area contributed by atoms with Crippen molar-refractivity contribution in [2.75, 3.05) is 0 Å². The predicted octanol–water partition coefficient (Wildman–Crippen LogP) is 6.30. The highest BCUT2D eigenvalue weighted by Gasteiger charge is 2.17. The van der Waals surface area contributed by atoms with Gasteiger partial charge >= 0.3 is 11.9 Å². The molecule has 0 N–H and O–H groups in total. The molecule has 3 rings (SSSR count). The molecular formula is C20H11Br2ClO4. The molecule has 0 aliphatic carbocycles. The number of ether oxygens (including phenoxy) is 2. The van der Waals surface area contributed by atoms with Gasteiger partial charge in [0.15, 0.2) is 5.75 Å². The lowest BCUT2D eigenvalue weighted by atomic mass is 10.2. The second-order valence-corrected chi connectivity index (χ2v) is 7.45. The SMILES string of the molecule is O=C(Oc1ccc(Cl)c(OC(=O)c2ccccc2Br)c1)c1ccccc1Br. The Hall–Kier alpha value is -2.15. The van der Waals surface area contributed by atoms with Crippen LogP contribution in [0.25, 0.3) is 0 Å². The van der Waals surface area contributed by atoms with Crippen molar-refractivity contribution >= 4 is 55.4 Å². The average molecular weight is 511 g/mol. The summed E-state index contributed by atoms with van der Waals surface area (Å²) in [6.45, 7) is 0. The van der Waals surface area contributed by atoms with Crippen LogP contribution >= 0.6 is 43.5 Å². The zero-order chi connectivity index (χ0) is 19.4. The maximum absolute atomic E-state index is 12.4. The molecular weight excluding hydrogens is 499 g/mol. The van der Waals surface area contributed by atoms with Crippen LogP contribution in [0.2, 0.25) is 5.02 Å². The summed E-state index contributed by atoms with van der Waals surface area (Å²) in [5, 5.41) is 0.219. The van der Waals surface area contributed by atoms with E-state index in [0.717, 1.165) is 0 Å². The Morgan fingerprint density at radius 1 is 0.741 bits per heavy atom. The van der Waals surface area contributed by atoms with Crippen molar-refractivity contribution in [3.8, 4) is 11.5 Å². The number of carbonyl (C=O) groups is 2. The van der Waals surface area contributed by atoms with Crippen LogP contribution < -0.4 is 9.47 Å². The highest BCUT2D eigenvalue weighted by atomic mass is 79.9. The summed E-state index contributed by atoms with van der Waals surface area (Å²) in [6.07, 6.45) is 0. The number of rotatable bonds is 4. The first-order valence-corrected chi connectivity index (χ1v) is 9.65. The summed E-state index contributed by atoms with van der Waals surface area (Å²) >= 11 is 12.7. The van der Waals surface area contributed by atoms with Crippen molar-refractivity contribution in [2.24, 2.45) is 0 Å². The summed E-state index contributed by atoms with van der Waals surface area (Å²) in [5.41, 5.74) is 0.725. The maximum Gasteiger partial charge on any atom is 0.344 e. The number of hydrogen-bond acceptors (Lipinski definition) is 4. The molecule has 4 nitrogen and oxygen atoms in total. The van der Waals surface area contributed by atoms with Gasteiger partial charge in [-0.3, -0.25) is 0 Å². The minimum absolute atomic E-state index is 0.0925. The van der Waals surface area contributed by atoms with Gasteiger partial charge in [0.2, 0.25) is 0 Å². The van der Waals surface area contributed by atoms with Crippen LogP contribution in [0.3, 0.4) is 0 Å². The van der Waals surface area contributed by atoms with Crippen LogP contribution in [0.5, 0.6) is 11.5 Å². The third kappa shape index (κ3) is 4.77. The molecule has 7 heteroatoms. The van der Waals surface area contributed by atoms with Crippen LogP contribution in [0, 0.1) is 0 Å². The van der Waals surface area contributed by atoms with Gasteiger partial charge in [-0.25, -0.2) is 9.59 Å². The Morgan fingerprint density at radius 2 is 1.26 bits per heavy atom.